The highest BCUT2D eigenvalue weighted by Gasteiger charge is 2.25. The van der Waals surface area contributed by atoms with Crippen LogP contribution < -0.4 is 15.4 Å². The Morgan fingerprint density at radius 1 is 1.11 bits per heavy atom. The number of hydrogen-bond donors (Lipinski definition) is 2. The largest absolute Gasteiger partial charge is 0.492 e. The first-order valence-corrected chi connectivity index (χ1v) is 9.11. The highest BCUT2D eigenvalue weighted by molar-refractivity contribution is 5.88. The van der Waals surface area contributed by atoms with Crippen LogP contribution in [-0.2, 0) is 11.0 Å². The zero-order valence-corrected chi connectivity index (χ0v) is 17.2. The molecular formula is C20H28F2N4O2. The van der Waals surface area contributed by atoms with E-state index in [1.807, 2.05) is 26.8 Å². The minimum atomic E-state index is -0.978. The molecule has 0 spiro atoms. The normalized spacial score (nSPS) is 12.0. The summed E-state index contributed by atoms with van der Waals surface area (Å²) in [4.78, 5) is 12.2. The van der Waals surface area contributed by atoms with E-state index in [-0.39, 0.29) is 29.9 Å². The molecular weight excluding hydrogens is 366 g/mol. The van der Waals surface area contributed by atoms with E-state index in [9.17, 15) is 13.6 Å². The van der Waals surface area contributed by atoms with Crippen LogP contribution in [0.1, 0.15) is 47.2 Å². The summed E-state index contributed by atoms with van der Waals surface area (Å²) in [6, 6.07) is 4.74. The fraction of sp³-hybridized carbons (Fsp3) is 0.500. The molecule has 2 amide bonds. The Balaban J connectivity index is 1.93. The van der Waals surface area contributed by atoms with Crippen LogP contribution in [0.2, 0.25) is 0 Å². The van der Waals surface area contributed by atoms with Gasteiger partial charge >= 0.3 is 6.03 Å². The molecule has 2 N–H and O–H groups in total. The van der Waals surface area contributed by atoms with Crippen LogP contribution in [0.3, 0.4) is 0 Å². The molecule has 2 aromatic rings. The minimum Gasteiger partial charge on any atom is -0.492 e. The first-order chi connectivity index (χ1) is 12.9. The number of carbonyl (C=O) groups is 1. The van der Waals surface area contributed by atoms with Gasteiger partial charge in [0.1, 0.15) is 18.2 Å². The van der Waals surface area contributed by atoms with Gasteiger partial charge in [0.2, 0.25) is 0 Å². The molecule has 0 saturated carbocycles. The van der Waals surface area contributed by atoms with Gasteiger partial charge in [-0.3, -0.25) is 5.32 Å². The number of nitrogens with one attached hydrogen (secondary N) is 2. The average molecular weight is 394 g/mol. The second-order valence-electron chi connectivity index (χ2n) is 8.55. The monoisotopic (exact) mass is 394 g/mol. The van der Waals surface area contributed by atoms with Crippen molar-refractivity contribution in [3.63, 3.8) is 0 Å². The lowest BCUT2D eigenvalue weighted by atomic mass is 9.92. The fourth-order valence-corrected chi connectivity index (χ4v) is 2.41. The van der Waals surface area contributed by atoms with Gasteiger partial charge in [-0.2, -0.15) is 5.10 Å². The Kier molecular flexibility index (Phi) is 6.31. The molecule has 1 aromatic carbocycles. The van der Waals surface area contributed by atoms with Gasteiger partial charge in [0, 0.05) is 17.5 Å². The van der Waals surface area contributed by atoms with Gasteiger partial charge in [-0.15, -0.1) is 0 Å². The molecule has 0 aliphatic heterocycles. The van der Waals surface area contributed by atoms with Gasteiger partial charge in [-0.1, -0.05) is 20.8 Å². The summed E-state index contributed by atoms with van der Waals surface area (Å²) >= 11 is 0. The van der Waals surface area contributed by atoms with Crippen LogP contribution in [0, 0.1) is 11.6 Å². The Morgan fingerprint density at radius 3 is 2.36 bits per heavy atom. The van der Waals surface area contributed by atoms with E-state index in [1.54, 1.807) is 4.68 Å². The predicted molar refractivity (Wildman–Crippen MR) is 105 cm³/mol. The summed E-state index contributed by atoms with van der Waals surface area (Å²) < 4.78 is 33.1. The Bertz CT molecular complexity index is 836. The lowest BCUT2D eigenvalue weighted by Crippen LogP contribution is -2.34. The zero-order valence-electron chi connectivity index (χ0n) is 17.2. The van der Waals surface area contributed by atoms with Crippen molar-refractivity contribution in [2.24, 2.45) is 0 Å². The number of carbonyl (C=O) groups excluding carboxylic acids is 1. The van der Waals surface area contributed by atoms with Gasteiger partial charge in [-0.05, 0) is 32.9 Å². The quantitative estimate of drug-likeness (QED) is 0.738. The highest BCUT2D eigenvalue weighted by atomic mass is 19.2. The number of rotatable bonds is 5. The molecule has 6 nitrogen and oxygen atoms in total. The van der Waals surface area contributed by atoms with Crippen LogP contribution in [0.5, 0.6) is 5.75 Å². The van der Waals surface area contributed by atoms with Crippen molar-refractivity contribution in [3.8, 4) is 5.75 Å². The lowest BCUT2D eigenvalue weighted by Gasteiger charge is -2.23. The Hall–Kier alpha value is -2.64. The summed E-state index contributed by atoms with van der Waals surface area (Å²) in [5.74, 6) is -1.12. The standard InChI is InChI=1S/C20H28F2N4O2/c1-19(2,3)16-12-17(26(25-16)20(4,5)6)24-18(27)23-9-10-28-13-7-8-14(21)15(22)11-13/h7-8,11-12H,9-10H2,1-6H3,(H2,23,24,27). The van der Waals surface area contributed by atoms with Gasteiger partial charge in [-0.25, -0.2) is 18.3 Å². The molecule has 1 heterocycles. The van der Waals surface area contributed by atoms with Gasteiger partial charge < -0.3 is 10.1 Å². The number of aromatic nitrogens is 2. The number of nitrogens with zero attached hydrogens (tertiary/aromatic N) is 2. The summed E-state index contributed by atoms with van der Waals surface area (Å²) in [5, 5.41) is 10.1. The van der Waals surface area contributed by atoms with Gasteiger partial charge in [0.25, 0.3) is 0 Å². The molecule has 2 rings (SSSR count). The van der Waals surface area contributed by atoms with E-state index in [1.165, 1.54) is 6.07 Å². The Labute approximate surface area is 164 Å². The van der Waals surface area contributed by atoms with Gasteiger partial charge in [0.15, 0.2) is 11.6 Å². The maximum Gasteiger partial charge on any atom is 0.320 e. The third-order valence-corrected chi connectivity index (χ3v) is 3.90. The minimum absolute atomic E-state index is 0.115. The van der Waals surface area contributed by atoms with Crippen molar-refractivity contribution in [1.82, 2.24) is 15.1 Å². The summed E-state index contributed by atoms with van der Waals surface area (Å²) in [6.45, 7) is 12.5. The molecule has 0 saturated heterocycles. The first kappa shape index (κ1) is 21.7. The van der Waals surface area contributed by atoms with Crippen molar-refractivity contribution in [2.45, 2.75) is 52.5 Å². The summed E-state index contributed by atoms with van der Waals surface area (Å²) in [6.07, 6.45) is 0. The smallest absolute Gasteiger partial charge is 0.320 e. The maximum absolute atomic E-state index is 13.1. The number of ether oxygens (including phenoxy) is 1. The van der Waals surface area contributed by atoms with E-state index in [0.29, 0.717) is 5.82 Å². The molecule has 8 heteroatoms. The zero-order chi connectivity index (χ0) is 21.1. The average Bonchev–Trinajstić information content (AvgIpc) is 2.99. The van der Waals surface area contributed by atoms with Gasteiger partial charge in [0.05, 0.1) is 17.8 Å². The van der Waals surface area contributed by atoms with E-state index < -0.39 is 17.7 Å². The van der Waals surface area contributed by atoms with Crippen LogP contribution in [0.15, 0.2) is 24.3 Å². The van der Waals surface area contributed by atoms with E-state index in [0.717, 1.165) is 17.8 Å². The Morgan fingerprint density at radius 2 is 1.79 bits per heavy atom. The van der Waals surface area contributed by atoms with E-state index in [4.69, 9.17) is 4.74 Å². The highest BCUT2D eigenvalue weighted by Crippen LogP contribution is 2.28. The van der Waals surface area contributed by atoms with Crippen LogP contribution in [-0.4, -0.2) is 29.0 Å². The molecule has 0 aliphatic carbocycles. The number of hydrogen-bond acceptors (Lipinski definition) is 3. The maximum atomic E-state index is 13.1. The number of anilines is 1. The van der Waals surface area contributed by atoms with Crippen molar-refractivity contribution in [1.29, 1.82) is 0 Å². The van der Waals surface area contributed by atoms with Crippen LogP contribution in [0.25, 0.3) is 0 Å². The van der Waals surface area contributed by atoms with Crippen molar-refractivity contribution in [3.05, 3.63) is 41.6 Å². The van der Waals surface area contributed by atoms with Crippen molar-refractivity contribution < 1.29 is 18.3 Å². The topological polar surface area (TPSA) is 68.2 Å². The second kappa shape index (κ2) is 8.16. The SMILES string of the molecule is CC(C)(C)c1cc(NC(=O)NCCOc2ccc(F)c(F)c2)n(C(C)(C)C)n1. The third-order valence-electron chi connectivity index (χ3n) is 3.90. The van der Waals surface area contributed by atoms with E-state index >= 15 is 0 Å². The molecule has 28 heavy (non-hydrogen) atoms. The third kappa shape index (κ3) is 5.68. The predicted octanol–water partition coefficient (Wildman–Crippen LogP) is 4.41. The van der Waals surface area contributed by atoms with Crippen molar-refractivity contribution in [2.75, 3.05) is 18.5 Å². The van der Waals surface area contributed by atoms with Crippen molar-refractivity contribution >= 4 is 11.8 Å². The number of urea groups is 1. The van der Waals surface area contributed by atoms with E-state index in [2.05, 4.69) is 36.5 Å². The summed E-state index contributed by atoms with van der Waals surface area (Å²) in [7, 11) is 0. The molecule has 0 fully saturated rings. The second-order valence-corrected chi connectivity index (χ2v) is 8.55. The fourth-order valence-electron chi connectivity index (χ4n) is 2.41. The van der Waals surface area contributed by atoms with Crippen LogP contribution >= 0.6 is 0 Å². The molecule has 0 bridgehead atoms. The molecule has 0 unspecified atom stereocenters. The summed E-state index contributed by atoms with van der Waals surface area (Å²) in [5.41, 5.74) is 0.420. The molecule has 154 valence electrons. The van der Waals surface area contributed by atoms with Crippen LogP contribution in [0.4, 0.5) is 19.4 Å². The number of amides is 2. The molecule has 0 radical (unpaired) electrons. The number of benzene rings is 1. The first-order valence-electron chi connectivity index (χ1n) is 9.11. The lowest BCUT2D eigenvalue weighted by molar-refractivity contribution is 0.246. The molecule has 0 aliphatic rings. The number of halogens is 2. The molecule has 0 atom stereocenters. The molecule has 1 aromatic heterocycles.